The van der Waals surface area contributed by atoms with Gasteiger partial charge in [0.05, 0.1) is 24.4 Å². The number of nitrogens with zero attached hydrogens (tertiary/aromatic N) is 2. The number of benzene rings is 1. The van der Waals surface area contributed by atoms with Crippen LogP contribution in [-0.2, 0) is 9.53 Å². The van der Waals surface area contributed by atoms with E-state index in [2.05, 4.69) is 10.3 Å². The van der Waals surface area contributed by atoms with Gasteiger partial charge in [-0.05, 0) is 37.1 Å². The number of para-hydroxylation sites is 1. The number of aromatic nitrogens is 1. The zero-order valence-corrected chi connectivity index (χ0v) is 16.8. The van der Waals surface area contributed by atoms with E-state index in [1.165, 1.54) is 7.11 Å². The molecular weight excluding hydrogens is 370 g/mol. The van der Waals surface area contributed by atoms with Crippen molar-refractivity contribution < 1.29 is 19.1 Å². The zero-order valence-electron chi connectivity index (χ0n) is 16.8. The number of carbonyl (C=O) groups is 2. The number of hydrogen-bond donors (Lipinski definition) is 1. The molecule has 1 fully saturated rings. The second-order valence-corrected chi connectivity index (χ2v) is 7.08. The maximum atomic E-state index is 13.0. The van der Waals surface area contributed by atoms with Gasteiger partial charge in [0.2, 0.25) is 5.91 Å². The Kier molecular flexibility index (Phi) is 7.19. The predicted octanol–water partition coefficient (Wildman–Crippen LogP) is 2.45. The van der Waals surface area contributed by atoms with Crippen molar-refractivity contribution in [3.05, 3.63) is 59.9 Å². The van der Waals surface area contributed by atoms with Crippen LogP contribution >= 0.6 is 0 Å². The van der Waals surface area contributed by atoms with Gasteiger partial charge in [-0.15, -0.1) is 0 Å². The first-order valence-corrected chi connectivity index (χ1v) is 9.75. The summed E-state index contributed by atoms with van der Waals surface area (Å²) in [6.07, 6.45) is 3.48. The summed E-state index contributed by atoms with van der Waals surface area (Å²) in [4.78, 5) is 31.6. The van der Waals surface area contributed by atoms with Crippen LogP contribution in [0, 0.1) is 5.92 Å². The third kappa shape index (κ3) is 5.12. The monoisotopic (exact) mass is 397 g/mol. The molecule has 0 radical (unpaired) electrons. The Morgan fingerprint density at radius 2 is 2.00 bits per heavy atom. The van der Waals surface area contributed by atoms with Crippen molar-refractivity contribution in [2.24, 2.45) is 5.92 Å². The SMILES string of the molecule is COCC(=O)N1CCC[C@@H]([C@H](NC(=O)c2ccccc2OC)c2ccccn2)C1. The number of hydrogen-bond acceptors (Lipinski definition) is 5. The number of methoxy groups -OCH3 is 2. The average molecular weight is 397 g/mol. The molecule has 1 N–H and O–H groups in total. The second kappa shape index (κ2) is 10.0. The number of piperidine rings is 1. The van der Waals surface area contributed by atoms with Gasteiger partial charge in [-0.1, -0.05) is 18.2 Å². The topological polar surface area (TPSA) is 80.8 Å². The van der Waals surface area contributed by atoms with Crippen LogP contribution in [-0.4, -0.2) is 55.6 Å². The maximum absolute atomic E-state index is 13.0. The molecule has 2 amide bonds. The summed E-state index contributed by atoms with van der Waals surface area (Å²) in [5.41, 5.74) is 1.25. The van der Waals surface area contributed by atoms with Gasteiger partial charge in [-0.25, -0.2) is 0 Å². The lowest BCUT2D eigenvalue weighted by molar-refractivity contribution is -0.137. The van der Waals surface area contributed by atoms with Gasteiger partial charge in [0.1, 0.15) is 12.4 Å². The molecule has 29 heavy (non-hydrogen) atoms. The molecule has 1 aromatic heterocycles. The maximum Gasteiger partial charge on any atom is 0.255 e. The van der Waals surface area contributed by atoms with E-state index in [-0.39, 0.29) is 30.4 Å². The molecule has 2 atom stereocenters. The molecule has 0 spiro atoms. The minimum atomic E-state index is -0.313. The van der Waals surface area contributed by atoms with Crippen molar-refractivity contribution in [1.29, 1.82) is 0 Å². The smallest absolute Gasteiger partial charge is 0.255 e. The van der Waals surface area contributed by atoms with Gasteiger partial charge < -0.3 is 19.7 Å². The highest BCUT2D eigenvalue weighted by atomic mass is 16.5. The van der Waals surface area contributed by atoms with Crippen molar-refractivity contribution in [3.8, 4) is 5.75 Å². The molecule has 2 heterocycles. The van der Waals surface area contributed by atoms with Crippen LogP contribution < -0.4 is 10.1 Å². The summed E-state index contributed by atoms with van der Waals surface area (Å²) in [5.74, 6) is 0.315. The van der Waals surface area contributed by atoms with Gasteiger partial charge in [0.15, 0.2) is 0 Å². The quantitative estimate of drug-likeness (QED) is 0.776. The summed E-state index contributed by atoms with van der Waals surface area (Å²) in [6, 6.07) is 12.5. The first kappa shape index (κ1) is 20.8. The lowest BCUT2D eigenvalue weighted by Crippen LogP contribution is -2.46. The van der Waals surface area contributed by atoms with E-state index < -0.39 is 0 Å². The first-order chi connectivity index (χ1) is 14.1. The average Bonchev–Trinajstić information content (AvgIpc) is 2.78. The second-order valence-electron chi connectivity index (χ2n) is 7.08. The summed E-state index contributed by atoms with van der Waals surface area (Å²) in [5, 5.41) is 3.13. The van der Waals surface area contributed by atoms with Crippen LogP contribution in [0.1, 0.15) is 34.9 Å². The zero-order chi connectivity index (χ0) is 20.6. The molecule has 2 aromatic rings. The molecule has 0 bridgehead atoms. The van der Waals surface area contributed by atoms with Crippen LogP contribution in [0.15, 0.2) is 48.7 Å². The molecule has 0 saturated carbocycles. The number of nitrogens with one attached hydrogen (secondary N) is 1. The molecule has 1 aromatic carbocycles. The summed E-state index contributed by atoms with van der Waals surface area (Å²) in [7, 11) is 3.06. The molecule has 7 heteroatoms. The molecule has 154 valence electrons. The Morgan fingerprint density at radius 1 is 1.21 bits per heavy atom. The number of carbonyl (C=O) groups excluding carboxylic acids is 2. The van der Waals surface area contributed by atoms with Gasteiger partial charge in [-0.3, -0.25) is 14.6 Å². The summed E-state index contributed by atoms with van der Waals surface area (Å²) >= 11 is 0. The van der Waals surface area contributed by atoms with E-state index in [1.807, 2.05) is 29.2 Å². The highest BCUT2D eigenvalue weighted by molar-refractivity contribution is 5.97. The number of ether oxygens (including phenoxy) is 2. The highest BCUT2D eigenvalue weighted by Crippen LogP contribution is 2.30. The van der Waals surface area contributed by atoms with Crippen LogP contribution in [0.2, 0.25) is 0 Å². The highest BCUT2D eigenvalue weighted by Gasteiger charge is 2.32. The molecule has 0 aliphatic carbocycles. The Hall–Kier alpha value is -2.93. The Bertz CT molecular complexity index is 828. The Balaban J connectivity index is 1.84. The van der Waals surface area contributed by atoms with Gasteiger partial charge in [0.25, 0.3) is 5.91 Å². The fourth-order valence-corrected chi connectivity index (χ4v) is 3.77. The first-order valence-electron chi connectivity index (χ1n) is 9.75. The molecule has 1 aliphatic heterocycles. The van der Waals surface area contributed by atoms with E-state index in [1.54, 1.807) is 31.5 Å². The Morgan fingerprint density at radius 3 is 2.72 bits per heavy atom. The molecule has 0 unspecified atom stereocenters. The molecule has 1 saturated heterocycles. The van der Waals surface area contributed by atoms with Crippen LogP contribution in [0.5, 0.6) is 5.75 Å². The Labute approximate surface area is 171 Å². The normalized spacial score (nSPS) is 17.4. The fraction of sp³-hybridized carbons (Fsp3) is 0.409. The number of rotatable bonds is 7. The number of pyridine rings is 1. The van der Waals surface area contributed by atoms with E-state index in [0.717, 1.165) is 18.5 Å². The third-order valence-electron chi connectivity index (χ3n) is 5.19. The standard InChI is InChI=1S/C22H27N3O4/c1-28-15-20(26)25-13-7-8-16(14-25)21(18-10-5-6-12-23-18)24-22(27)17-9-3-4-11-19(17)29-2/h3-6,9-12,16,21H,7-8,13-15H2,1-2H3,(H,24,27)/t16-,21+/m1/s1. The minimum Gasteiger partial charge on any atom is -0.496 e. The summed E-state index contributed by atoms with van der Waals surface area (Å²) in [6.45, 7) is 1.32. The molecular formula is C22H27N3O4. The van der Waals surface area contributed by atoms with Crippen LogP contribution in [0.3, 0.4) is 0 Å². The van der Waals surface area contributed by atoms with Crippen LogP contribution in [0.25, 0.3) is 0 Å². The minimum absolute atomic E-state index is 0.0342. The van der Waals surface area contributed by atoms with Crippen LogP contribution in [0.4, 0.5) is 0 Å². The molecule has 7 nitrogen and oxygen atoms in total. The van der Waals surface area contributed by atoms with E-state index in [9.17, 15) is 9.59 Å². The van der Waals surface area contributed by atoms with Gasteiger partial charge in [-0.2, -0.15) is 0 Å². The van der Waals surface area contributed by atoms with Crippen molar-refractivity contribution in [2.75, 3.05) is 33.9 Å². The predicted molar refractivity (Wildman–Crippen MR) is 109 cm³/mol. The van der Waals surface area contributed by atoms with Crippen molar-refractivity contribution in [2.45, 2.75) is 18.9 Å². The van der Waals surface area contributed by atoms with E-state index >= 15 is 0 Å². The lowest BCUT2D eigenvalue weighted by atomic mass is 9.88. The summed E-state index contributed by atoms with van der Waals surface area (Å²) < 4.78 is 10.3. The van der Waals surface area contributed by atoms with E-state index in [4.69, 9.17) is 9.47 Å². The molecule has 3 rings (SSSR count). The van der Waals surface area contributed by atoms with Gasteiger partial charge >= 0.3 is 0 Å². The lowest BCUT2D eigenvalue weighted by Gasteiger charge is -2.37. The largest absolute Gasteiger partial charge is 0.496 e. The number of likely N-dealkylation sites (tertiary alicyclic amines) is 1. The van der Waals surface area contributed by atoms with Crippen molar-refractivity contribution >= 4 is 11.8 Å². The fourth-order valence-electron chi connectivity index (χ4n) is 3.77. The van der Waals surface area contributed by atoms with E-state index in [0.29, 0.717) is 24.4 Å². The molecule has 1 aliphatic rings. The van der Waals surface area contributed by atoms with Crippen molar-refractivity contribution in [1.82, 2.24) is 15.2 Å². The van der Waals surface area contributed by atoms with Crippen molar-refractivity contribution in [3.63, 3.8) is 0 Å². The number of amides is 2. The van der Waals surface area contributed by atoms with Gasteiger partial charge in [0, 0.05) is 32.3 Å². The third-order valence-corrected chi connectivity index (χ3v) is 5.19.